The molecule has 0 saturated heterocycles. The lowest BCUT2D eigenvalue weighted by molar-refractivity contribution is -0.127. The highest BCUT2D eigenvalue weighted by atomic mass is 16.3. The molecular weight excluding hydrogens is 292 g/mol. The molecule has 2 N–H and O–H groups in total. The number of aliphatic hydroxyl groups is 1. The Bertz CT molecular complexity index is 537. The molecule has 2 atom stereocenters. The predicted molar refractivity (Wildman–Crippen MR) is 86.4 cm³/mol. The minimum atomic E-state index is -0.595. The summed E-state index contributed by atoms with van der Waals surface area (Å²) in [5.74, 6) is 1.79. The van der Waals surface area contributed by atoms with E-state index in [9.17, 15) is 9.90 Å². The second kappa shape index (κ2) is 6.59. The van der Waals surface area contributed by atoms with E-state index in [-0.39, 0.29) is 23.8 Å². The second-order valence-electron chi connectivity index (χ2n) is 7.66. The number of hydrogen-bond donors (Lipinski definition) is 2. The van der Waals surface area contributed by atoms with Crippen LogP contribution in [0.4, 0.5) is 0 Å². The highest BCUT2D eigenvalue weighted by molar-refractivity contribution is 5.80. The molecular formula is C17H28N4O2. The quantitative estimate of drug-likeness (QED) is 0.767. The molecule has 1 aromatic heterocycles. The molecule has 3 rings (SSSR count). The summed E-state index contributed by atoms with van der Waals surface area (Å²) in [6.45, 7) is 6.46. The molecule has 1 amide bonds. The number of carbonyl (C=O) groups is 1. The van der Waals surface area contributed by atoms with Gasteiger partial charge in [0, 0.05) is 12.0 Å². The molecule has 2 fully saturated rings. The number of amides is 1. The van der Waals surface area contributed by atoms with Crippen LogP contribution in [0.25, 0.3) is 0 Å². The zero-order valence-electron chi connectivity index (χ0n) is 14.3. The van der Waals surface area contributed by atoms with Gasteiger partial charge in [-0.05, 0) is 50.4 Å². The van der Waals surface area contributed by atoms with Crippen LogP contribution in [0.3, 0.4) is 0 Å². The maximum absolute atomic E-state index is 12.5. The van der Waals surface area contributed by atoms with E-state index in [1.165, 1.54) is 25.7 Å². The average Bonchev–Trinajstić information content (AvgIpc) is 3.41. The van der Waals surface area contributed by atoms with Gasteiger partial charge in [-0.3, -0.25) is 9.48 Å². The van der Waals surface area contributed by atoms with Crippen LogP contribution in [0.15, 0.2) is 6.20 Å². The summed E-state index contributed by atoms with van der Waals surface area (Å²) in [5.41, 5.74) is 0.590. The predicted octanol–water partition coefficient (Wildman–Crippen LogP) is 1.91. The Morgan fingerprint density at radius 3 is 2.43 bits per heavy atom. The fourth-order valence-electron chi connectivity index (χ4n) is 3.27. The Balaban J connectivity index is 1.52. The summed E-state index contributed by atoms with van der Waals surface area (Å²) < 4.78 is 1.70. The number of nitrogens with zero attached hydrogens (tertiary/aromatic N) is 3. The van der Waals surface area contributed by atoms with Crippen LogP contribution in [-0.4, -0.2) is 32.0 Å². The molecule has 2 saturated carbocycles. The van der Waals surface area contributed by atoms with E-state index in [4.69, 9.17) is 0 Å². The Labute approximate surface area is 137 Å². The summed E-state index contributed by atoms with van der Waals surface area (Å²) in [6.07, 6.45) is 6.02. The van der Waals surface area contributed by atoms with Gasteiger partial charge in [0.1, 0.15) is 11.8 Å². The van der Waals surface area contributed by atoms with Gasteiger partial charge in [0.2, 0.25) is 5.91 Å². The fraction of sp³-hybridized carbons (Fsp3) is 0.824. The van der Waals surface area contributed by atoms with E-state index in [0.29, 0.717) is 24.1 Å². The van der Waals surface area contributed by atoms with Gasteiger partial charge in [0.05, 0.1) is 12.7 Å². The van der Waals surface area contributed by atoms with Gasteiger partial charge in [-0.15, -0.1) is 5.10 Å². The third-order valence-corrected chi connectivity index (χ3v) is 4.90. The van der Waals surface area contributed by atoms with Crippen molar-refractivity contribution < 1.29 is 9.90 Å². The van der Waals surface area contributed by atoms with Crippen LogP contribution in [-0.2, 0) is 11.3 Å². The summed E-state index contributed by atoms with van der Waals surface area (Å²) in [5, 5.41) is 21.2. The molecule has 0 aliphatic heterocycles. The number of carbonyl (C=O) groups excluding carboxylic acids is 1. The molecule has 1 heterocycles. The standard InChI is InChI=1S/C17H28N4O2/c1-10(2)16(22)14-9-21(20-19-14)8-11(3)18-17(23)15(12-4-5-12)13-6-7-13/h9-13,15-16,22H,4-8H2,1-3H3,(H,18,23)/t11-,16-/m0/s1. The first-order chi connectivity index (χ1) is 11.0. The normalized spacial score (nSPS) is 20.8. The summed E-state index contributed by atoms with van der Waals surface area (Å²) in [4.78, 5) is 12.5. The molecule has 128 valence electrons. The second-order valence-corrected chi connectivity index (χ2v) is 7.66. The van der Waals surface area contributed by atoms with E-state index in [0.717, 1.165) is 0 Å². The molecule has 6 nitrogen and oxygen atoms in total. The van der Waals surface area contributed by atoms with Crippen molar-refractivity contribution in [3.63, 3.8) is 0 Å². The highest BCUT2D eigenvalue weighted by Gasteiger charge is 2.45. The molecule has 0 spiro atoms. The fourth-order valence-corrected chi connectivity index (χ4v) is 3.27. The molecule has 23 heavy (non-hydrogen) atoms. The Hall–Kier alpha value is -1.43. The molecule has 1 aromatic rings. The van der Waals surface area contributed by atoms with E-state index in [2.05, 4.69) is 15.6 Å². The van der Waals surface area contributed by atoms with Crippen LogP contribution in [0.2, 0.25) is 0 Å². The lowest BCUT2D eigenvalue weighted by atomic mass is 9.96. The van der Waals surface area contributed by atoms with Crippen molar-refractivity contribution in [3.05, 3.63) is 11.9 Å². The van der Waals surface area contributed by atoms with Gasteiger partial charge >= 0.3 is 0 Å². The topological polar surface area (TPSA) is 80.0 Å². The van der Waals surface area contributed by atoms with Crippen LogP contribution in [0, 0.1) is 23.7 Å². The van der Waals surface area contributed by atoms with Gasteiger partial charge in [-0.2, -0.15) is 0 Å². The number of rotatable bonds is 8. The third kappa shape index (κ3) is 4.10. The Morgan fingerprint density at radius 1 is 1.30 bits per heavy atom. The summed E-state index contributed by atoms with van der Waals surface area (Å²) in [7, 11) is 0. The lowest BCUT2D eigenvalue weighted by Crippen LogP contribution is -2.41. The maximum atomic E-state index is 12.5. The van der Waals surface area contributed by atoms with Crippen molar-refractivity contribution in [1.29, 1.82) is 0 Å². The van der Waals surface area contributed by atoms with Crippen LogP contribution in [0.5, 0.6) is 0 Å². The zero-order chi connectivity index (χ0) is 16.6. The van der Waals surface area contributed by atoms with E-state index in [1.54, 1.807) is 10.9 Å². The largest absolute Gasteiger partial charge is 0.386 e. The number of aliphatic hydroxyl groups excluding tert-OH is 1. The van der Waals surface area contributed by atoms with Crippen molar-refractivity contribution >= 4 is 5.91 Å². The SMILES string of the molecule is CC(C)[C@H](O)c1cn(C[C@H](C)NC(=O)C(C2CC2)C2CC2)nn1. The number of aromatic nitrogens is 3. The van der Waals surface area contributed by atoms with Gasteiger partial charge in [0.25, 0.3) is 0 Å². The molecule has 2 aliphatic carbocycles. The monoisotopic (exact) mass is 320 g/mol. The van der Waals surface area contributed by atoms with Crippen molar-refractivity contribution in [2.75, 3.05) is 0 Å². The molecule has 0 aromatic carbocycles. The first-order valence-electron chi connectivity index (χ1n) is 8.84. The summed E-state index contributed by atoms with van der Waals surface area (Å²) in [6, 6.07) is 0.00763. The Kier molecular flexibility index (Phi) is 4.71. The smallest absolute Gasteiger partial charge is 0.223 e. The van der Waals surface area contributed by atoms with E-state index >= 15 is 0 Å². The third-order valence-electron chi connectivity index (χ3n) is 4.90. The molecule has 0 radical (unpaired) electrons. The highest BCUT2D eigenvalue weighted by Crippen LogP contribution is 2.49. The van der Waals surface area contributed by atoms with Crippen LogP contribution in [0.1, 0.15) is 58.3 Å². The molecule has 0 bridgehead atoms. The van der Waals surface area contributed by atoms with Gasteiger partial charge in [-0.1, -0.05) is 19.1 Å². The lowest BCUT2D eigenvalue weighted by Gasteiger charge is -2.19. The van der Waals surface area contributed by atoms with E-state index in [1.807, 2.05) is 20.8 Å². The van der Waals surface area contributed by atoms with Crippen molar-refractivity contribution in [2.45, 2.75) is 65.1 Å². The van der Waals surface area contributed by atoms with Crippen LogP contribution >= 0.6 is 0 Å². The van der Waals surface area contributed by atoms with Gasteiger partial charge < -0.3 is 10.4 Å². The van der Waals surface area contributed by atoms with E-state index < -0.39 is 6.10 Å². The van der Waals surface area contributed by atoms with Crippen molar-refractivity contribution in [2.24, 2.45) is 23.7 Å². The zero-order valence-corrected chi connectivity index (χ0v) is 14.3. The van der Waals surface area contributed by atoms with Gasteiger partial charge in [0.15, 0.2) is 0 Å². The van der Waals surface area contributed by atoms with Crippen molar-refractivity contribution in [1.82, 2.24) is 20.3 Å². The minimum absolute atomic E-state index is 0.00763. The first-order valence-corrected chi connectivity index (χ1v) is 8.84. The number of hydrogen-bond acceptors (Lipinski definition) is 4. The van der Waals surface area contributed by atoms with Gasteiger partial charge in [-0.25, -0.2) is 0 Å². The summed E-state index contributed by atoms with van der Waals surface area (Å²) >= 11 is 0. The average molecular weight is 320 g/mol. The molecule has 2 aliphatic rings. The molecule has 6 heteroatoms. The Morgan fingerprint density at radius 2 is 1.91 bits per heavy atom. The number of nitrogens with one attached hydrogen (secondary N) is 1. The van der Waals surface area contributed by atoms with Crippen molar-refractivity contribution in [3.8, 4) is 0 Å². The molecule has 0 unspecified atom stereocenters. The first kappa shape index (κ1) is 16.4. The van der Waals surface area contributed by atoms with Crippen LogP contribution < -0.4 is 5.32 Å². The minimum Gasteiger partial charge on any atom is -0.386 e. The maximum Gasteiger partial charge on any atom is 0.223 e.